The summed E-state index contributed by atoms with van der Waals surface area (Å²) < 4.78 is 1.99. The lowest BCUT2D eigenvalue weighted by Gasteiger charge is -2.36. The molecule has 20 heavy (non-hydrogen) atoms. The summed E-state index contributed by atoms with van der Waals surface area (Å²) in [6, 6.07) is 0.452. The highest BCUT2D eigenvalue weighted by molar-refractivity contribution is 5.77. The molecule has 2 aliphatic heterocycles. The smallest absolute Gasteiger partial charge is 0.223 e. The molecular formula is C15H24N4O. The SMILES string of the molecule is CN1CC[C@@H]2CCN(C(=O)CCc3cncn3C)[C@@H]2C1. The normalized spacial score (nSPS) is 26.8. The Morgan fingerprint density at radius 1 is 1.35 bits per heavy atom. The number of likely N-dealkylation sites (N-methyl/N-ethyl adjacent to an activating group) is 1. The van der Waals surface area contributed by atoms with E-state index in [1.54, 1.807) is 6.33 Å². The number of hydrogen-bond donors (Lipinski definition) is 0. The van der Waals surface area contributed by atoms with Gasteiger partial charge in [-0.2, -0.15) is 0 Å². The van der Waals surface area contributed by atoms with Gasteiger partial charge in [-0.1, -0.05) is 0 Å². The van der Waals surface area contributed by atoms with E-state index in [2.05, 4.69) is 21.8 Å². The molecule has 110 valence electrons. The molecule has 3 rings (SSSR count). The summed E-state index contributed by atoms with van der Waals surface area (Å²) in [5.74, 6) is 1.04. The van der Waals surface area contributed by atoms with Crippen molar-refractivity contribution in [3.05, 3.63) is 18.2 Å². The minimum absolute atomic E-state index is 0.314. The van der Waals surface area contributed by atoms with E-state index in [0.717, 1.165) is 31.1 Å². The number of rotatable bonds is 3. The number of aryl methyl sites for hydroxylation is 2. The standard InChI is InChI=1S/C15H24N4O/c1-17-7-5-12-6-8-19(14(12)10-17)15(20)4-3-13-9-16-11-18(13)2/h9,11-12,14H,3-8,10H2,1-2H3/t12-,14-/m1/s1. The van der Waals surface area contributed by atoms with Gasteiger partial charge < -0.3 is 14.4 Å². The first-order chi connectivity index (χ1) is 9.65. The Balaban J connectivity index is 1.58. The van der Waals surface area contributed by atoms with E-state index in [1.807, 2.05) is 17.8 Å². The second-order valence-electron chi connectivity index (χ2n) is 6.25. The third-order valence-corrected chi connectivity index (χ3v) is 4.90. The molecule has 2 saturated heterocycles. The van der Waals surface area contributed by atoms with E-state index in [1.165, 1.54) is 19.4 Å². The highest BCUT2D eigenvalue weighted by Crippen LogP contribution is 2.31. The topological polar surface area (TPSA) is 41.4 Å². The summed E-state index contributed by atoms with van der Waals surface area (Å²) in [5, 5.41) is 0. The molecule has 2 fully saturated rings. The Kier molecular flexibility index (Phi) is 3.78. The number of piperidine rings is 1. The van der Waals surface area contributed by atoms with Crippen molar-refractivity contribution >= 4 is 5.91 Å². The predicted molar refractivity (Wildman–Crippen MR) is 77.3 cm³/mol. The van der Waals surface area contributed by atoms with Crippen molar-refractivity contribution in [2.24, 2.45) is 13.0 Å². The summed E-state index contributed by atoms with van der Waals surface area (Å²) in [6.07, 6.45) is 7.48. The van der Waals surface area contributed by atoms with Crippen molar-refractivity contribution in [3.8, 4) is 0 Å². The van der Waals surface area contributed by atoms with E-state index < -0.39 is 0 Å². The lowest BCUT2D eigenvalue weighted by molar-refractivity contribution is -0.133. The largest absolute Gasteiger partial charge is 0.338 e. The maximum atomic E-state index is 12.5. The Bertz CT molecular complexity index is 484. The minimum Gasteiger partial charge on any atom is -0.338 e. The average molecular weight is 276 g/mol. The van der Waals surface area contributed by atoms with E-state index >= 15 is 0 Å². The number of carbonyl (C=O) groups excluding carboxylic acids is 1. The van der Waals surface area contributed by atoms with Gasteiger partial charge in [-0.3, -0.25) is 4.79 Å². The van der Waals surface area contributed by atoms with Crippen LogP contribution in [0.15, 0.2) is 12.5 Å². The number of amides is 1. The summed E-state index contributed by atoms with van der Waals surface area (Å²) in [6.45, 7) is 3.17. The first-order valence-electron chi connectivity index (χ1n) is 7.58. The van der Waals surface area contributed by atoms with Gasteiger partial charge in [-0.15, -0.1) is 0 Å². The van der Waals surface area contributed by atoms with Gasteiger partial charge >= 0.3 is 0 Å². The molecule has 0 bridgehead atoms. The molecular weight excluding hydrogens is 252 g/mol. The fourth-order valence-corrected chi connectivity index (χ4v) is 3.61. The number of carbonyl (C=O) groups is 1. The maximum Gasteiger partial charge on any atom is 0.223 e. The van der Waals surface area contributed by atoms with Crippen LogP contribution in [0.1, 0.15) is 25.0 Å². The van der Waals surface area contributed by atoms with Gasteiger partial charge in [-0.05, 0) is 38.8 Å². The third-order valence-electron chi connectivity index (χ3n) is 4.90. The van der Waals surface area contributed by atoms with Gasteiger partial charge in [0.15, 0.2) is 0 Å². The molecule has 1 aromatic rings. The molecule has 0 aliphatic carbocycles. The van der Waals surface area contributed by atoms with Crippen LogP contribution in [0.4, 0.5) is 0 Å². The monoisotopic (exact) mass is 276 g/mol. The Hall–Kier alpha value is -1.36. The summed E-state index contributed by atoms with van der Waals surface area (Å²) in [7, 11) is 4.14. The van der Waals surface area contributed by atoms with Gasteiger partial charge in [0.2, 0.25) is 5.91 Å². The van der Waals surface area contributed by atoms with Gasteiger partial charge in [0.1, 0.15) is 0 Å². The molecule has 3 heterocycles. The molecule has 1 aromatic heterocycles. The second kappa shape index (κ2) is 5.56. The van der Waals surface area contributed by atoms with Gasteiger partial charge in [0.05, 0.1) is 6.33 Å². The molecule has 0 saturated carbocycles. The molecule has 0 N–H and O–H groups in total. The molecule has 0 aromatic carbocycles. The lowest BCUT2D eigenvalue weighted by Crippen LogP contribution is -2.48. The Morgan fingerprint density at radius 2 is 2.15 bits per heavy atom. The average Bonchev–Trinajstić information content (AvgIpc) is 3.02. The third kappa shape index (κ3) is 2.59. The number of imidazole rings is 1. The Labute approximate surface area is 120 Å². The van der Waals surface area contributed by atoms with Crippen molar-refractivity contribution in [1.29, 1.82) is 0 Å². The Morgan fingerprint density at radius 3 is 2.90 bits per heavy atom. The number of hydrogen-bond acceptors (Lipinski definition) is 3. The summed E-state index contributed by atoms with van der Waals surface area (Å²) in [5.41, 5.74) is 1.13. The number of likely N-dealkylation sites (tertiary alicyclic amines) is 2. The van der Waals surface area contributed by atoms with E-state index in [0.29, 0.717) is 18.4 Å². The summed E-state index contributed by atoms with van der Waals surface area (Å²) >= 11 is 0. The fraction of sp³-hybridized carbons (Fsp3) is 0.733. The first-order valence-corrected chi connectivity index (χ1v) is 7.58. The predicted octanol–water partition coefficient (Wildman–Crippen LogP) is 0.905. The molecule has 0 radical (unpaired) electrons. The van der Waals surface area contributed by atoms with Crippen molar-refractivity contribution < 1.29 is 4.79 Å². The molecule has 5 nitrogen and oxygen atoms in total. The molecule has 2 aliphatic rings. The van der Waals surface area contributed by atoms with Crippen LogP contribution < -0.4 is 0 Å². The highest BCUT2D eigenvalue weighted by Gasteiger charge is 2.39. The van der Waals surface area contributed by atoms with Crippen LogP contribution in [0.2, 0.25) is 0 Å². The van der Waals surface area contributed by atoms with E-state index in [9.17, 15) is 4.79 Å². The lowest BCUT2D eigenvalue weighted by atomic mass is 9.92. The zero-order chi connectivity index (χ0) is 14.1. The minimum atomic E-state index is 0.314. The molecule has 2 atom stereocenters. The zero-order valence-electron chi connectivity index (χ0n) is 12.5. The van der Waals surface area contributed by atoms with Crippen LogP contribution in [0.3, 0.4) is 0 Å². The van der Waals surface area contributed by atoms with Gasteiger partial charge in [-0.25, -0.2) is 4.98 Å². The van der Waals surface area contributed by atoms with Crippen LogP contribution in [0.25, 0.3) is 0 Å². The second-order valence-corrected chi connectivity index (χ2v) is 6.25. The highest BCUT2D eigenvalue weighted by atomic mass is 16.2. The van der Waals surface area contributed by atoms with Gasteiger partial charge in [0.25, 0.3) is 0 Å². The fourth-order valence-electron chi connectivity index (χ4n) is 3.61. The summed E-state index contributed by atoms with van der Waals surface area (Å²) in [4.78, 5) is 21.1. The maximum absolute atomic E-state index is 12.5. The van der Waals surface area contributed by atoms with Crippen LogP contribution in [0, 0.1) is 5.92 Å². The quantitative estimate of drug-likeness (QED) is 0.824. The van der Waals surface area contributed by atoms with Crippen molar-refractivity contribution in [2.45, 2.75) is 31.7 Å². The van der Waals surface area contributed by atoms with Crippen LogP contribution in [-0.4, -0.2) is 58.0 Å². The zero-order valence-corrected chi connectivity index (χ0v) is 12.5. The van der Waals surface area contributed by atoms with Crippen molar-refractivity contribution in [1.82, 2.24) is 19.4 Å². The van der Waals surface area contributed by atoms with E-state index in [-0.39, 0.29) is 0 Å². The van der Waals surface area contributed by atoms with Crippen molar-refractivity contribution in [2.75, 3.05) is 26.7 Å². The van der Waals surface area contributed by atoms with Crippen molar-refractivity contribution in [3.63, 3.8) is 0 Å². The molecule has 0 unspecified atom stereocenters. The molecule has 1 amide bonds. The first kappa shape index (κ1) is 13.6. The van der Waals surface area contributed by atoms with E-state index in [4.69, 9.17) is 0 Å². The van der Waals surface area contributed by atoms with Crippen LogP contribution in [0.5, 0.6) is 0 Å². The molecule has 5 heteroatoms. The molecule has 0 spiro atoms. The number of fused-ring (bicyclic) bond motifs is 1. The number of nitrogens with zero attached hydrogens (tertiary/aromatic N) is 4. The number of aromatic nitrogens is 2. The van der Waals surface area contributed by atoms with Crippen LogP contribution >= 0.6 is 0 Å². The van der Waals surface area contributed by atoms with Gasteiger partial charge in [0, 0.05) is 44.5 Å². The van der Waals surface area contributed by atoms with Crippen LogP contribution in [-0.2, 0) is 18.3 Å².